The van der Waals surface area contributed by atoms with E-state index >= 15 is 0 Å². The van der Waals surface area contributed by atoms with Gasteiger partial charge in [-0.3, -0.25) is 0 Å². The van der Waals surface area contributed by atoms with Crippen molar-refractivity contribution >= 4 is 5.97 Å². The molecule has 3 unspecified atom stereocenters. The summed E-state index contributed by atoms with van der Waals surface area (Å²) < 4.78 is 11.1. The van der Waals surface area contributed by atoms with Gasteiger partial charge in [0.05, 0.1) is 12.2 Å². The Balaban J connectivity index is 1.24. The van der Waals surface area contributed by atoms with Crippen LogP contribution < -0.4 is 0 Å². The Morgan fingerprint density at radius 3 is 1.71 bits per heavy atom. The third kappa shape index (κ3) is 17.5. The summed E-state index contributed by atoms with van der Waals surface area (Å²) in [4.78, 5) is 11.6. The monoisotopic (exact) mass is 530 g/mol. The van der Waals surface area contributed by atoms with Crippen LogP contribution in [0.2, 0.25) is 0 Å². The second kappa shape index (κ2) is 22.7. The Kier molecular flexibility index (Phi) is 19.8. The van der Waals surface area contributed by atoms with Crippen LogP contribution in [0.15, 0.2) is 23.8 Å². The first-order chi connectivity index (χ1) is 18.7. The number of unbranched alkanes of at least 4 members (excludes halogenated alkanes) is 19. The lowest BCUT2D eigenvalue weighted by molar-refractivity contribution is -0.139. The molecule has 2 aliphatic heterocycles. The molecule has 0 saturated carbocycles. The predicted molar refractivity (Wildman–Crippen MR) is 163 cm³/mol. The molecule has 2 rings (SSSR count). The highest BCUT2D eigenvalue weighted by Gasteiger charge is 2.36. The molecule has 3 nitrogen and oxygen atoms in total. The molecule has 1 saturated heterocycles. The summed E-state index contributed by atoms with van der Waals surface area (Å²) in [7, 11) is 0. The molecule has 2 aliphatic rings. The van der Waals surface area contributed by atoms with E-state index in [0.717, 1.165) is 18.4 Å². The summed E-state index contributed by atoms with van der Waals surface area (Å²) in [6, 6.07) is 0. The zero-order valence-electron chi connectivity index (χ0n) is 25.4. The Bertz CT molecular complexity index is 637. The molecule has 0 amide bonds. The van der Waals surface area contributed by atoms with E-state index in [0.29, 0.717) is 12.2 Å². The van der Waals surface area contributed by atoms with Crippen molar-refractivity contribution < 1.29 is 14.3 Å². The number of epoxide rings is 1. The van der Waals surface area contributed by atoms with Gasteiger partial charge in [0, 0.05) is 5.57 Å². The third-order valence-corrected chi connectivity index (χ3v) is 8.37. The molecule has 220 valence electrons. The number of rotatable bonds is 27. The fourth-order valence-corrected chi connectivity index (χ4v) is 5.82. The zero-order chi connectivity index (χ0) is 27.1. The number of carbonyl (C=O) groups excluding carboxylic acids is 1. The van der Waals surface area contributed by atoms with Crippen molar-refractivity contribution in [2.75, 3.05) is 0 Å². The van der Waals surface area contributed by atoms with E-state index < -0.39 is 0 Å². The summed E-state index contributed by atoms with van der Waals surface area (Å²) in [6.45, 7) is 4.22. The maximum atomic E-state index is 11.6. The van der Waals surface area contributed by atoms with Gasteiger partial charge in [0.2, 0.25) is 0 Å². The molecular weight excluding hydrogens is 468 g/mol. The van der Waals surface area contributed by atoms with Crippen LogP contribution in [0.4, 0.5) is 0 Å². The second-order valence-corrected chi connectivity index (χ2v) is 12.1. The average molecular weight is 531 g/mol. The molecule has 3 heteroatoms. The van der Waals surface area contributed by atoms with Crippen molar-refractivity contribution in [3.05, 3.63) is 23.8 Å². The van der Waals surface area contributed by atoms with Gasteiger partial charge < -0.3 is 9.47 Å². The van der Waals surface area contributed by atoms with Gasteiger partial charge in [0.15, 0.2) is 0 Å². The quantitative estimate of drug-likeness (QED) is 0.0459. The molecule has 0 aromatic heterocycles. The van der Waals surface area contributed by atoms with Crippen molar-refractivity contribution in [2.24, 2.45) is 0 Å². The standard InChI is InChI=1S/C35H62O3/c1-3-4-5-6-7-8-9-10-11-12-13-14-15-19-22-25-28-33-34(38-33)29-26-23-20-17-16-18-21-24-27-32-30-31(2)37-35(32)36/h19,22,30-31,33-34H,3-18,20-21,23-29H2,1-2H3. The van der Waals surface area contributed by atoms with Crippen LogP contribution >= 0.6 is 0 Å². The minimum absolute atomic E-state index is 0.0237. The van der Waals surface area contributed by atoms with Crippen LogP contribution in [0.5, 0.6) is 0 Å². The Hall–Kier alpha value is -1.09. The summed E-state index contributed by atoms with van der Waals surface area (Å²) >= 11 is 0. The largest absolute Gasteiger partial charge is 0.455 e. The number of esters is 1. The highest BCUT2D eigenvalue weighted by Crippen LogP contribution is 2.31. The smallest absolute Gasteiger partial charge is 0.334 e. The van der Waals surface area contributed by atoms with Gasteiger partial charge in [-0.2, -0.15) is 0 Å². The number of hydrogen-bond donors (Lipinski definition) is 0. The predicted octanol–water partition coefficient (Wildman–Crippen LogP) is 11.0. The summed E-state index contributed by atoms with van der Waals surface area (Å²) in [5.74, 6) is -0.0964. The number of cyclic esters (lactones) is 1. The fourth-order valence-electron chi connectivity index (χ4n) is 5.82. The molecule has 38 heavy (non-hydrogen) atoms. The third-order valence-electron chi connectivity index (χ3n) is 8.37. The van der Waals surface area contributed by atoms with Crippen molar-refractivity contribution in [2.45, 2.75) is 193 Å². The fraction of sp³-hybridized carbons (Fsp3) is 0.857. The van der Waals surface area contributed by atoms with Crippen LogP contribution in [0.3, 0.4) is 0 Å². The molecule has 0 spiro atoms. The van der Waals surface area contributed by atoms with Crippen LogP contribution in [0.25, 0.3) is 0 Å². The van der Waals surface area contributed by atoms with Gasteiger partial charge in [-0.25, -0.2) is 4.79 Å². The first kappa shape index (κ1) is 33.1. The highest BCUT2D eigenvalue weighted by atomic mass is 16.6. The Morgan fingerprint density at radius 1 is 0.632 bits per heavy atom. The van der Waals surface area contributed by atoms with Crippen molar-refractivity contribution in [3.8, 4) is 0 Å². The average Bonchev–Trinajstić information content (AvgIpc) is 3.58. The van der Waals surface area contributed by atoms with Gasteiger partial charge >= 0.3 is 5.97 Å². The number of allylic oxidation sites excluding steroid dienone is 2. The van der Waals surface area contributed by atoms with Gasteiger partial charge in [-0.15, -0.1) is 0 Å². The molecule has 0 bridgehead atoms. The van der Waals surface area contributed by atoms with Gasteiger partial charge in [0.1, 0.15) is 6.10 Å². The van der Waals surface area contributed by atoms with Crippen LogP contribution in [-0.2, 0) is 14.3 Å². The maximum absolute atomic E-state index is 11.6. The first-order valence-electron chi connectivity index (χ1n) is 16.9. The minimum Gasteiger partial charge on any atom is -0.455 e. The van der Waals surface area contributed by atoms with E-state index in [9.17, 15) is 4.79 Å². The highest BCUT2D eigenvalue weighted by molar-refractivity contribution is 5.90. The van der Waals surface area contributed by atoms with E-state index in [1.54, 1.807) is 0 Å². The first-order valence-corrected chi connectivity index (χ1v) is 16.9. The summed E-state index contributed by atoms with van der Waals surface area (Å²) in [5, 5.41) is 0. The molecule has 0 N–H and O–H groups in total. The lowest BCUT2D eigenvalue weighted by atomic mass is 10.0. The van der Waals surface area contributed by atoms with Gasteiger partial charge in [0.25, 0.3) is 0 Å². The molecule has 0 radical (unpaired) electrons. The van der Waals surface area contributed by atoms with E-state index in [2.05, 4.69) is 19.1 Å². The van der Waals surface area contributed by atoms with E-state index in [-0.39, 0.29) is 12.1 Å². The SMILES string of the molecule is CCCCCCCCCCCCCCC=CCCC1OC1CCCCCCCCCCC1=CC(C)OC1=O. The minimum atomic E-state index is -0.0964. The lowest BCUT2D eigenvalue weighted by Crippen LogP contribution is -2.03. The lowest BCUT2D eigenvalue weighted by Gasteiger charge is -2.02. The summed E-state index contributed by atoms with van der Waals surface area (Å²) in [5.41, 5.74) is 0.893. The number of carbonyl (C=O) groups is 1. The molecule has 0 aromatic rings. The van der Waals surface area contributed by atoms with Crippen LogP contribution in [0.1, 0.15) is 174 Å². The van der Waals surface area contributed by atoms with E-state index in [1.807, 2.05) is 13.0 Å². The second-order valence-electron chi connectivity index (χ2n) is 12.1. The van der Waals surface area contributed by atoms with E-state index in [1.165, 1.54) is 148 Å². The topological polar surface area (TPSA) is 38.8 Å². The molecule has 2 heterocycles. The van der Waals surface area contributed by atoms with Crippen LogP contribution in [0, 0.1) is 0 Å². The Labute approximate surface area is 236 Å². The maximum Gasteiger partial charge on any atom is 0.334 e. The molecule has 3 atom stereocenters. The number of hydrogen-bond acceptors (Lipinski definition) is 3. The van der Waals surface area contributed by atoms with Crippen molar-refractivity contribution in [1.82, 2.24) is 0 Å². The molecular formula is C35H62O3. The van der Waals surface area contributed by atoms with Gasteiger partial charge in [-0.05, 0) is 57.9 Å². The normalized spacial score (nSPS) is 20.8. The van der Waals surface area contributed by atoms with Crippen molar-refractivity contribution in [1.29, 1.82) is 0 Å². The van der Waals surface area contributed by atoms with Gasteiger partial charge in [-0.1, -0.05) is 135 Å². The molecule has 0 aromatic carbocycles. The zero-order valence-corrected chi connectivity index (χ0v) is 25.4. The number of ether oxygens (including phenoxy) is 2. The van der Waals surface area contributed by atoms with Crippen LogP contribution in [-0.4, -0.2) is 24.3 Å². The molecule has 1 fully saturated rings. The van der Waals surface area contributed by atoms with E-state index in [4.69, 9.17) is 9.47 Å². The summed E-state index contributed by atoms with van der Waals surface area (Å²) in [6.07, 6.45) is 41.2. The van der Waals surface area contributed by atoms with Crippen molar-refractivity contribution in [3.63, 3.8) is 0 Å². The Morgan fingerprint density at radius 2 is 1.13 bits per heavy atom. The molecule has 0 aliphatic carbocycles.